The number of nitrogens with zero attached hydrogens (tertiary/aromatic N) is 1. The molecule has 1 aliphatic rings. The van der Waals surface area contributed by atoms with E-state index in [-0.39, 0.29) is 16.7 Å². The van der Waals surface area contributed by atoms with Crippen molar-refractivity contribution in [2.45, 2.75) is 57.8 Å². The Bertz CT molecular complexity index is 496. The summed E-state index contributed by atoms with van der Waals surface area (Å²) in [6.45, 7) is 11.3. The first-order chi connectivity index (χ1) is 9.15. The summed E-state index contributed by atoms with van der Waals surface area (Å²) < 4.78 is 6.30. The van der Waals surface area contributed by atoms with Crippen molar-refractivity contribution in [3.05, 3.63) is 29.8 Å². The molecule has 1 saturated heterocycles. The largest absolute Gasteiger partial charge is 0.367 e. The molecule has 1 aliphatic heterocycles. The van der Waals surface area contributed by atoms with Gasteiger partial charge in [0, 0.05) is 25.7 Å². The van der Waals surface area contributed by atoms with Crippen molar-refractivity contribution in [3.63, 3.8) is 0 Å². The highest BCUT2D eigenvalue weighted by atomic mass is 16.5. The number of hydrogen-bond acceptors (Lipinski definition) is 3. The van der Waals surface area contributed by atoms with E-state index >= 15 is 0 Å². The first kappa shape index (κ1) is 15.3. The zero-order valence-corrected chi connectivity index (χ0v) is 13.7. The maximum absolute atomic E-state index is 6.30. The zero-order valence-electron chi connectivity index (χ0n) is 13.7. The first-order valence-corrected chi connectivity index (χ1v) is 7.35. The van der Waals surface area contributed by atoms with E-state index in [4.69, 9.17) is 10.5 Å². The number of ether oxygens (including phenoxy) is 1. The van der Waals surface area contributed by atoms with E-state index in [1.807, 2.05) is 0 Å². The quantitative estimate of drug-likeness (QED) is 0.922. The third-order valence-electron chi connectivity index (χ3n) is 4.83. The maximum atomic E-state index is 6.30. The number of anilines is 1. The highest BCUT2D eigenvalue weighted by Crippen LogP contribution is 2.48. The van der Waals surface area contributed by atoms with Crippen LogP contribution in [0.2, 0.25) is 0 Å². The van der Waals surface area contributed by atoms with Gasteiger partial charge in [-0.3, -0.25) is 0 Å². The molecule has 0 radical (unpaired) electrons. The monoisotopic (exact) mass is 276 g/mol. The predicted octanol–water partition coefficient (Wildman–Crippen LogP) is 3.11. The number of rotatable bonds is 3. The Hall–Kier alpha value is -1.06. The topological polar surface area (TPSA) is 38.5 Å². The van der Waals surface area contributed by atoms with Gasteiger partial charge in [0.15, 0.2) is 0 Å². The van der Waals surface area contributed by atoms with E-state index in [0.29, 0.717) is 6.54 Å². The van der Waals surface area contributed by atoms with Gasteiger partial charge in [-0.15, -0.1) is 0 Å². The average Bonchev–Trinajstić information content (AvgIpc) is 2.54. The van der Waals surface area contributed by atoms with Gasteiger partial charge >= 0.3 is 0 Å². The lowest BCUT2D eigenvalue weighted by Crippen LogP contribution is -2.62. The molecular weight excluding hydrogens is 248 g/mol. The number of nitrogens with two attached hydrogens (primary N) is 1. The van der Waals surface area contributed by atoms with Crippen LogP contribution in [0.25, 0.3) is 0 Å². The molecule has 3 nitrogen and oxygen atoms in total. The molecule has 3 heteroatoms. The third kappa shape index (κ3) is 2.23. The summed E-state index contributed by atoms with van der Waals surface area (Å²) in [7, 11) is 2.14. The second-order valence-electron chi connectivity index (χ2n) is 7.13. The van der Waals surface area contributed by atoms with Crippen LogP contribution in [0.4, 0.5) is 5.69 Å². The van der Waals surface area contributed by atoms with Crippen molar-refractivity contribution in [1.29, 1.82) is 0 Å². The molecular formula is C17H28N2O. The summed E-state index contributed by atoms with van der Waals surface area (Å²) in [5.41, 5.74) is 8.09. The number of likely N-dealkylation sites (N-methyl/N-ethyl adjacent to an activating group) is 1. The van der Waals surface area contributed by atoms with Gasteiger partial charge in [0.25, 0.3) is 0 Å². The number of para-hydroxylation sites is 1. The highest BCUT2D eigenvalue weighted by Gasteiger charge is 2.58. The summed E-state index contributed by atoms with van der Waals surface area (Å²) in [5.74, 6) is 0. The van der Waals surface area contributed by atoms with E-state index in [1.165, 1.54) is 11.3 Å². The Labute approximate surface area is 123 Å². The van der Waals surface area contributed by atoms with Crippen molar-refractivity contribution in [3.8, 4) is 0 Å². The van der Waals surface area contributed by atoms with E-state index < -0.39 is 0 Å². The van der Waals surface area contributed by atoms with Crippen LogP contribution in [0.3, 0.4) is 0 Å². The van der Waals surface area contributed by atoms with Crippen LogP contribution in [0, 0.1) is 6.92 Å². The van der Waals surface area contributed by atoms with Gasteiger partial charge in [-0.05, 0) is 46.2 Å². The second-order valence-corrected chi connectivity index (χ2v) is 7.13. The van der Waals surface area contributed by atoms with E-state index in [0.717, 1.165) is 6.42 Å². The summed E-state index contributed by atoms with van der Waals surface area (Å²) in [4.78, 5) is 2.33. The smallest absolute Gasteiger partial charge is 0.0877 e. The lowest BCUT2D eigenvalue weighted by Gasteiger charge is -2.47. The Morgan fingerprint density at radius 1 is 1.20 bits per heavy atom. The molecule has 1 aromatic carbocycles. The minimum absolute atomic E-state index is 0.153. The van der Waals surface area contributed by atoms with Crippen LogP contribution in [0.15, 0.2) is 24.3 Å². The molecule has 0 bridgehead atoms. The molecule has 0 amide bonds. The Morgan fingerprint density at radius 2 is 1.80 bits per heavy atom. The van der Waals surface area contributed by atoms with Crippen molar-refractivity contribution >= 4 is 5.69 Å². The summed E-state index contributed by atoms with van der Waals surface area (Å²) in [6.07, 6.45) is 0.925. The molecule has 20 heavy (non-hydrogen) atoms. The average molecular weight is 276 g/mol. The molecule has 1 unspecified atom stereocenters. The molecule has 1 aromatic rings. The van der Waals surface area contributed by atoms with Crippen LogP contribution in [-0.4, -0.2) is 30.3 Å². The van der Waals surface area contributed by atoms with Crippen LogP contribution in [-0.2, 0) is 4.74 Å². The summed E-state index contributed by atoms with van der Waals surface area (Å²) >= 11 is 0. The fourth-order valence-electron chi connectivity index (χ4n) is 3.89. The minimum Gasteiger partial charge on any atom is -0.367 e. The normalized spacial score (nSPS) is 27.6. The van der Waals surface area contributed by atoms with E-state index in [1.54, 1.807) is 0 Å². The predicted molar refractivity (Wildman–Crippen MR) is 85.2 cm³/mol. The molecule has 0 aliphatic carbocycles. The zero-order chi connectivity index (χ0) is 15.2. The Morgan fingerprint density at radius 3 is 2.25 bits per heavy atom. The molecule has 2 N–H and O–H groups in total. The van der Waals surface area contributed by atoms with E-state index in [9.17, 15) is 0 Å². The van der Waals surface area contributed by atoms with Gasteiger partial charge < -0.3 is 15.4 Å². The molecule has 0 aromatic heterocycles. The van der Waals surface area contributed by atoms with Crippen LogP contribution < -0.4 is 10.6 Å². The molecule has 2 rings (SSSR count). The Balaban J connectivity index is 2.49. The molecule has 1 atom stereocenters. The summed E-state index contributed by atoms with van der Waals surface area (Å²) in [5, 5.41) is 0. The van der Waals surface area contributed by atoms with Crippen LogP contribution in [0.1, 0.15) is 39.7 Å². The van der Waals surface area contributed by atoms with Crippen molar-refractivity contribution < 1.29 is 4.74 Å². The molecule has 0 saturated carbocycles. The van der Waals surface area contributed by atoms with Crippen molar-refractivity contribution in [1.82, 2.24) is 0 Å². The van der Waals surface area contributed by atoms with Gasteiger partial charge in [0.2, 0.25) is 0 Å². The van der Waals surface area contributed by atoms with Gasteiger partial charge in [-0.2, -0.15) is 0 Å². The highest BCUT2D eigenvalue weighted by molar-refractivity contribution is 5.56. The molecule has 1 heterocycles. The fraction of sp³-hybridized carbons (Fsp3) is 0.647. The first-order valence-electron chi connectivity index (χ1n) is 7.35. The van der Waals surface area contributed by atoms with Gasteiger partial charge in [0.1, 0.15) is 0 Å². The lowest BCUT2D eigenvalue weighted by atomic mass is 9.77. The molecule has 112 valence electrons. The van der Waals surface area contributed by atoms with Crippen LogP contribution >= 0.6 is 0 Å². The van der Waals surface area contributed by atoms with Crippen molar-refractivity contribution in [2.24, 2.45) is 5.73 Å². The molecule has 1 fully saturated rings. The van der Waals surface area contributed by atoms with E-state index in [2.05, 4.69) is 70.8 Å². The second kappa shape index (κ2) is 4.74. The van der Waals surface area contributed by atoms with Gasteiger partial charge in [0.05, 0.1) is 16.7 Å². The van der Waals surface area contributed by atoms with Gasteiger partial charge in [-0.25, -0.2) is 0 Å². The standard InChI is InChI=1S/C17H28N2O/c1-13-9-7-8-10-14(13)19(6)17(12-18)11-15(2,3)20-16(17,4)5/h7-10H,11-12,18H2,1-6H3. The van der Waals surface area contributed by atoms with Crippen LogP contribution in [0.5, 0.6) is 0 Å². The Kier molecular flexibility index (Phi) is 3.64. The SMILES string of the molecule is Cc1ccccc1N(C)C1(CN)CC(C)(C)OC1(C)C. The molecule has 0 spiro atoms. The number of hydrogen-bond donors (Lipinski definition) is 1. The number of benzene rings is 1. The third-order valence-corrected chi connectivity index (χ3v) is 4.83. The lowest BCUT2D eigenvalue weighted by molar-refractivity contribution is -0.0779. The minimum atomic E-state index is -0.289. The maximum Gasteiger partial charge on any atom is 0.0877 e. The summed E-state index contributed by atoms with van der Waals surface area (Å²) in [6, 6.07) is 8.46. The van der Waals surface area contributed by atoms with Crippen molar-refractivity contribution in [2.75, 3.05) is 18.5 Å². The number of aryl methyl sites for hydroxylation is 1. The van der Waals surface area contributed by atoms with Gasteiger partial charge in [-0.1, -0.05) is 18.2 Å². The fourth-order valence-corrected chi connectivity index (χ4v) is 3.89.